The van der Waals surface area contributed by atoms with Gasteiger partial charge in [0.15, 0.2) is 0 Å². The van der Waals surface area contributed by atoms with Gasteiger partial charge in [-0.05, 0) is 19.6 Å². The summed E-state index contributed by atoms with van der Waals surface area (Å²) in [6.45, 7) is 11.9. The van der Waals surface area contributed by atoms with Crippen molar-refractivity contribution in [3.63, 3.8) is 0 Å². The molecule has 0 aliphatic carbocycles. The SMILES string of the molecule is CCNC(COC)CSCCN(CC)CC. The highest BCUT2D eigenvalue weighted by Crippen LogP contribution is 2.04. The fraction of sp³-hybridized carbons (Fsp3) is 1.00. The van der Waals surface area contributed by atoms with Crippen molar-refractivity contribution in [2.24, 2.45) is 0 Å². The first-order valence-electron chi connectivity index (χ1n) is 6.30. The molecule has 0 fully saturated rings. The minimum atomic E-state index is 0.497. The fourth-order valence-electron chi connectivity index (χ4n) is 1.61. The summed E-state index contributed by atoms with van der Waals surface area (Å²) in [6, 6.07) is 0.497. The first-order valence-corrected chi connectivity index (χ1v) is 7.46. The summed E-state index contributed by atoms with van der Waals surface area (Å²) in [7, 11) is 1.77. The van der Waals surface area contributed by atoms with Gasteiger partial charge in [0.25, 0.3) is 0 Å². The van der Waals surface area contributed by atoms with E-state index in [-0.39, 0.29) is 0 Å². The van der Waals surface area contributed by atoms with E-state index < -0.39 is 0 Å². The molecule has 0 saturated carbocycles. The number of hydrogen-bond donors (Lipinski definition) is 1. The van der Waals surface area contributed by atoms with Crippen LogP contribution in [0, 0.1) is 0 Å². The third-order valence-corrected chi connectivity index (χ3v) is 3.74. The Morgan fingerprint density at radius 1 is 1.25 bits per heavy atom. The van der Waals surface area contributed by atoms with Gasteiger partial charge >= 0.3 is 0 Å². The number of methoxy groups -OCH3 is 1. The molecule has 98 valence electrons. The summed E-state index contributed by atoms with van der Waals surface area (Å²) in [5.74, 6) is 2.36. The summed E-state index contributed by atoms with van der Waals surface area (Å²) < 4.78 is 5.19. The lowest BCUT2D eigenvalue weighted by atomic mass is 10.3. The molecule has 1 atom stereocenters. The molecule has 3 nitrogen and oxygen atoms in total. The van der Waals surface area contributed by atoms with Crippen LogP contribution < -0.4 is 5.32 Å². The number of nitrogens with one attached hydrogen (secondary N) is 1. The quantitative estimate of drug-likeness (QED) is 0.562. The van der Waals surface area contributed by atoms with Gasteiger partial charge in [0.2, 0.25) is 0 Å². The van der Waals surface area contributed by atoms with Crippen molar-refractivity contribution in [1.82, 2.24) is 10.2 Å². The first-order chi connectivity index (χ1) is 7.78. The van der Waals surface area contributed by atoms with E-state index in [4.69, 9.17) is 4.74 Å². The molecule has 0 amide bonds. The summed E-state index contributed by atoms with van der Waals surface area (Å²) in [4.78, 5) is 2.46. The van der Waals surface area contributed by atoms with E-state index in [0.717, 1.165) is 32.0 Å². The molecule has 0 aliphatic heterocycles. The van der Waals surface area contributed by atoms with Gasteiger partial charge in [0.1, 0.15) is 0 Å². The monoisotopic (exact) mass is 248 g/mol. The van der Waals surface area contributed by atoms with E-state index in [1.807, 2.05) is 11.8 Å². The Hall–Kier alpha value is 0.230. The Morgan fingerprint density at radius 3 is 2.44 bits per heavy atom. The van der Waals surface area contributed by atoms with E-state index in [2.05, 4.69) is 31.0 Å². The second-order valence-electron chi connectivity index (χ2n) is 3.81. The molecule has 4 heteroatoms. The molecule has 0 radical (unpaired) electrons. The Kier molecular flexibility index (Phi) is 11.9. The second-order valence-corrected chi connectivity index (χ2v) is 4.96. The smallest absolute Gasteiger partial charge is 0.0623 e. The number of hydrogen-bond acceptors (Lipinski definition) is 4. The normalized spacial score (nSPS) is 13.3. The molecule has 0 saturated heterocycles. The van der Waals surface area contributed by atoms with Crippen molar-refractivity contribution in [2.45, 2.75) is 26.8 Å². The summed E-state index contributed by atoms with van der Waals surface area (Å²) in [6.07, 6.45) is 0. The van der Waals surface area contributed by atoms with E-state index >= 15 is 0 Å². The lowest BCUT2D eigenvalue weighted by Crippen LogP contribution is -2.35. The Labute approximate surface area is 105 Å². The molecule has 1 unspecified atom stereocenters. The summed E-state index contributed by atoms with van der Waals surface area (Å²) >= 11 is 2.02. The predicted molar refractivity (Wildman–Crippen MR) is 74.5 cm³/mol. The van der Waals surface area contributed by atoms with Crippen molar-refractivity contribution in [2.75, 3.05) is 51.4 Å². The number of likely N-dealkylation sites (N-methyl/N-ethyl adjacent to an activating group) is 1. The number of thioether (sulfide) groups is 1. The fourth-order valence-corrected chi connectivity index (χ4v) is 2.67. The average Bonchev–Trinajstić information content (AvgIpc) is 2.30. The van der Waals surface area contributed by atoms with Crippen molar-refractivity contribution in [3.8, 4) is 0 Å². The van der Waals surface area contributed by atoms with Crippen LogP contribution in [-0.4, -0.2) is 62.3 Å². The third kappa shape index (κ3) is 8.39. The van der Waals surface area contributed by atoms with Crippen molar-refractivity contribution in [1.29, 1.82) is 0 Å². The molecular formula is C12H28N2OS. The van der Waals surface area contributed by atoms with Crippen LogP contribution in [0.15, 0.2) is 0 Å². The van der Waals surface area contributed by atoms with Gasteiger partial charge in [-0.2, -0.15) is 11.8 Å². The minimum Gasteiger partial charge on any atom is -0.383 e. The third-order valence-electron chi connectivity index (χ3n) is 2.63. The van der Waals surface area contributed by atoms with Crippen LogP contribution >= 0.6 is 11.8 Å². The molecule has 0 rings (SSSR count). The number of rotatable bonds is 11. The summed E-state index contributed by atoms with van der Waals surface area (Å²) in [5.41, 5.74) is 0. The Morgan fingerprint density at radius 2 is 1.94 bits per heavy atom. The van der Waals surface area contributed by atoms with Crippen LogP contribution in [0.2, 0.25) is 0 Å². The molecule has 1 N–H and O–H groups in total. The van der Waals surface area contributed by atoms with E-state index in [0.29, 0.717) is 6.04 Å². The zero-order valence-corrected chi connectivity index (χ0v) is 12.1. The van der Waals surface area contributed by atoms with Gasteiger partial charge < -0.3 is 15.0 Å². The highest BCUT2D eigenvalue weighted by atomic mass is 32.2. The van der Waals surface area contributed by atoms with Crippen LogP contribution in [0.5, 0.6) is 0 Å². The predicted octanol–water partition coefficient (Wildman–Crippen LogP) is 1.69. The first kappa shape index (κ1) is 16.2. The maximum absolute atomic E-state index is 5.19. The van der Waals surface area contributed by atoms with Crippen LogP contribution in [0.25, 0.3) is 0 Å². The van der Waals surface area contributed by atoms with Gasteiger partial charge in [-0.25, -0.2) is 0 Å². The molecule has 0 heterocycles. The molecule has 0 aromatic heterocycles. The largest absolute Gasteiger partial charge is 0.383 e. The number of ether oxygens (including phenoxy) is 1. The van der Waals surface area contributed by atoms with Gasteiger partial charge in [-0.15, -0.1) is 0 Å². The van der Waals surface area contributed by atoms with Crippen LogP contribution in [-0.2, 0) is 4.74 Å². The lowest BCUT2D eigenvalue weighted by molar-refractivity contribution is 0.174. The van der Waals surface area contributed by atoms with Gasteiger partial charge in [-0.3, -0.25) is 0 Å². The molecule has 0 aromatic carbocycles. The topological polar surface area (TPSA) is 24.5 Å². The van der Waals surface area contributed by atoms with Crippen molar-refractivity contribution >= 4 is 11.8 Å². The van der Waals surface area contributed by atoms with E-state index in [1.54, 1.807) is 7.11 Å². The highest BCUT2D eigenvalue weighted by Gasteiger charge is 2.06. The Balaban J connectivity index is 3.52. The van der Waals surface area contributed by atoms with E-state index in [9.17, 15) is 0 Å². The minimum absolute atomic E-state index is 0.497. The standard InChI is InChI=1S/C12H28N2OS/c1-5-13-12(10-15-4)11-16-9-8-14(6-2)7-3/h12-13H,5-11H2,1-4H3. The zero-order valence-electron chi connectivity index (χ0n) is 11.3. The van der Waals surface area contributed by atoms with Crippen LogP contribution in [0.1, 0.15) is 20.8 Å². The van der Waals surface area contributed by atoms with Gasteiger partial charge in [0.05, 0.1) is 6.61 Å². The van der Waals surface area contributed by atoms with Crippen LogP contribution in [0.3, 0.4) is 0 Å². The van der Waals surface area contributed by atoms with Crippen molar-refractivity contribution < 1.29 is 4.74 Å². The molecule has 0 aliphatic rings. The Bertz CT molecular complexity index is 137. The van der Waals surface area contributed by atoms with E-state index in [1.165, 1.54) is 12.3 Å². The maximum Gasteiger partial charge on any atom is 0.0623 e. The van der Waals surface area contributed by atoms with Crippen LogP contribution in [0.4, 0.5) is 0 Å². The molecule has 0 bridgehead atoms. The maximum atomic E-state index is 5.19. The van der Waals surface area contributed by atoms with Gasteiger partial charge in [-0.1, -0.05) is 20.8 Å². The van der Waals surface area contributed by atoms with Crippen molar-refractivity contribution in [3.05, 3.63) is 0 Å². The lowest BCUT2D eigenvalue weighted by Gasteiger charge is -2.19. The molecule has 0 aromatic rings. The summed E-state index contributed by atoms with van der Waals surface area (Å²) in [5, 5.41) is 3.44. The average molecular weight is 248 g/mol. The molecule has 0 spiro atoms. The molecule has 16 heavy (non-hydrogen) atoms. The number of nitrogens with zero attached hydrogens (tertiary/aromatic N) is 1. The highest BCUT2D eigenvalue weighted by molar-refractivity contribution is 7.99. The molecular weight excluding hydrogens is 220 g/mol. The second kappa shape index (κ2) is 11.7. The van der Waals surface area contributed by atoms with Gasteiger partial charge in [0, 0.05) is 31.2 Å². The zero-order chi connectivity index (χ0) is 12.2.